The fraction of sp³-hybridized carbons (Fsp3) is 0.462. The topological polar surface area (TPSA) is 96.0 Å². The first-order valence-electron chi connectivity index (χ1n) is 6.40. The van der Waals surface area contributed by atoms with E-state index in [4.69, 9.17) is 22.6 Å². The number of hydrogen-bond donors (Lipinski definition) is 2. The SMILES string of the molecule is Cl.N#Cc1ccc(S(=O)(=O)NC2CCCC2CN)cc1Cl. The molecule has 0 radical (unpaired) electrons. The maximum Gasteiger partial charge on any atom is 0.240 e. The van der Waals surface area contributed by atoms with E-state index >= 15 is 0 Å². The summed E-state index contributed by atoms with van der Waals surface area (Å²) in [4.78, 5) is 0.0733. The van der Waals surface area contributed by atoms with Crippen molar-refractivity contribution in [1.82, 2.24) is 4.72 Å². The van der Waals surface area contributed by atoms with Gasteiger partial charge in [-0.3, -0.25) is 0 Å². The largest absolute Gasteiger partial charge is 0.330 e. The summed E-state index contributed by atoms with van der Waals surface area (Å²) in [7, 11) is -3.63. The Labute approximate surface area is 135 Å². The summed E-state index contributed by atoms with van der Waals surface area (Å²) in [5.74, 6) is 0.179. The zero-order valence-electron chi connectivity index (χ0n) is 11.3. The predicted octanol–water partition coefficient (Wildman–Crippen LogP) is 2.04. The van der Waals surface area contributed by atoms with Crippen LogP contribution in [0.3, 0.4) is 0 Å². The van der Waals surface area contributed by atoms with E-state index in [1.165, 1.54) is 18.2 Å². The van der Waals surface area contributed by atoms with E-state index in [-0.39, 0.29) is 39.8 Å². The Kier molecular flexibility index (Phi) is 6.44. The van der Waals surface area contributed by atoms with Crippen molar-refractivity contribution in [2.45, 2.75) is 30.2 Å². The van der Waals surface area contributed by atoms with Crippen molar-refractivity contribution in [2.24, 2.45) is 11.7 Å². The molecule has 1 aliphatic rings. The third-order valence-electron chi connectivity index (χ3n) is 3.64. The lowest BCUT2D eigenvalue weighted by atomic mass is 10.1. The van der Waals surface area contributed by atoms with E-state index in [2.05, 4.69) is 4.72 Å². The van der Waals surface area contributed by atoms with Crippen LogP contribution in [-0.4, -0.2) is 21.0 Å². The molecule has 0 aromatic heterocycles. The van der Waals surface area contributed by atoms with Crippen LogP contribution in [-0.2, 0) is 10.0 Å². The maximum absolute atomic E-state index is 12.3. The summed E-state index contributed by atoms with van der Waals surface area (Å²) in [6.07, 6.45) is 2.71. The molecule has 1 saturated carbocycles. The van der Waals surface area contributed by atoms with Crippen LogP contribution in [0.2, 0.25) is 5.02 Å². The second-order valence-electron chi connectivity index (χ2n) is 4.91. The summed E-state index contributed by atoms with van der Waals surface area (Å²) in [6, 6.07) is 5.87. The first-order chi connectivity index (χ1) is 9.47. The van der Waals surface area contributed by atoms with Gasteiger partial charge < -0.3 is 5.73 Å². The van der Waals surface area contributed by atoms with E-state index in [0.717, 1.165) is 19.3 Å². The van der Waals surface area contributed by atoms with Crippen molar-refractivity contribution >= 4 is 34.0 Å². The molecule has 2 unspecified atom stereocenters. The third-order valence-corrected chi connectivity index (χ3v) is 5.44. The summed E-state index contributed by atoms with van der Waals surface area (Å²) >= 11 is 5.87. The lowest BCUT2D eigenvalue weighted by Gasteiger charge is -2.19. The number of rotatable bonds is 4. The maximum atomic E-state index is 12.3. The Hall–Kier alpha value is -0.840. The Bertz CT molecular complexity index is 643. The van der Waals surface area contributed by atoms with Crippen LogP contribution in [0, 0.1) is 17.2 Å². The van der Waals surface area contributed by atoms with Crippen molar-refractivity contribution < 1.29 is 8.42 Å². The zero-order valence-corrected chi connectivity index (χ0v) is 13.6. The van der Waals surface area contributed by atoms with Crippen LogP contribution in [0.5, 0.6) is 0 Å². The van der Waals surface area contributed by atoms with Gasteiger partial charge >= 0.3 is 0 Å². The minimum Gasteiger partial charge on any atom is -0.330 e. The second kappa shape index (κ2) is 7.43. The lowest BCUT2D eigenvalue weighted by molar-refractivity contribution is 0.453. The molecule has 2 rings (SSSR count). The van der Waals surface area contributed by atoms with E-state index in [1.54, 1.807) is 0 Å². The summed E-state index contributed by atoms with van der Waals surface area (Å²) in [5, 5.41) is 8.93. The van der Waals surface area contributed by atoms with Gasteiger partial charge in [0.15, 0.2) is 0 Å². The first kappa shape index (κ1) is 18.2. The highest BCUT2D eigenvalue weighted by molar-refractivity contribution is 7.89. The minimum atomic E-state index is -3.63. The van der Waals surface area contributed by atoms with Crippen LogP contribution in [0.1, 0.15) is 24.8 Å². The monoisotopic (exact) mass is 349 g/mol. The van der Waals surface area contributed by atoms with Gasteiger partial charge in [-0.1, -0.05) is 18.0 Å². The van der Waals surface area contributed by atoms with Gasteiger partial charge in [0, 0.05) is 6.04 Å². The Morgan fingerprint density at radius 2 is 2.14 bits per heavy atom. The zero-order chi connectivity index (χ0) is 14.8. The number of hydrogen-bond acceptors (Lipinski definition) is 4. The highest BCUT2D eigenvalue weighted by Crippen LogP contribution is 2.27. The van der Waals surface area contributed by atoms with Crippen molar-refractivity contribution in [3.8, 4) is 6.07 Å². The molecular weight excluding hydrogens is 333 g/mol. The number of nitrogens with zero attached hydrogens (tertiary/aromatic N) is 1. The van der Waals surface area contributed by atoms with Gasteiger partial charge in [0.1, 0.15) is 6.07 Å². The predicted molar refractivity (Wildman–Crippen MR) is 83.9 cm³/mol. The number of nitrogens with one attached hydrogen (secondary N) is 1. The minimum absolute atomic E-state index is 0. The van der Waals surface area contributed by atoms with Crippen LogP contribution < -0.4 is 10.5 Å². The summed E-state index contributed by atoms with van der Waals surface area (Å²) < 4.78 is 27.3. The molecule has 21 heavy (non-hydrogen) atoms. The van der Waals surface area contributed by atoms with Crippen LogP contribution in [0.25, 0.3) is 0 Å². The van der Waals surface area contributed by atoms with Crippen molar-refractivity contribution in [3.63, 3.8) is 0 Å². The normalized spacial score (nSPS) is 21.6. The van der Waals surface area contributed by atoms with Crippen molar-refractivity contribution in [2.75, 3.05) is 6.54 Å². The van der Waals surface area contributed by atoms with E-state index in [1.807, 2.05) is 6.07 Å². The standard InChI is InChI=1S/C13H16ClN3O2S.ClH/c14-12-6-11(5-4-9(12)7-15)20(18,19)17-13-3-1-2-10(13)8-16;/h4-6,10,13,17H,1-3,8,16H2;1H. The molecular formula is C13H17Cl2N3O2S. The molecule has 5 nitrogen and oxygen atoms in total. The van der Waals surface area contributed by atoms with Gasteiger partial charge in [0.05, 0.1) is 15.5 Å². The van der Waals surface area contributed by atoms with E-state index < -0.39 is 10.0 Å². The molecule has 0 aliphatic heterocycles. The molecule has 1 aliphatic carbocycles. The second-order valence-corrected chi connectivity index (χ2v) is 7.03. The molecule has 116 valence electrons. The molecule has 1 aromatic carbocycles. The number of halogens is 2. The van der Waals surface area contributed by atoms with Crippen LogP contribution in [0.15, 0.2) is 23.1 Å². The molecule has 1 fully saturated rings. The Balaban J connectivity index is 0.00000220. The van der Waals surface area contributed by atoms with Crippen LogP contribution in [0.4, 0.5) is 0 Å². The summed E-state index contributed by atoms with van der Waals surface area (Å²) in [5.41, 5.74) is 5.91. The average molecular weight is 350 g/mol. The lowest BCUT2D eigenvalue weighted by Crippen LogP contribution is -2.39. The van der Waals surface area contributed by atoms with Gasteiger partial charge in [-0.2, -0.15) is 5.26 Å². The van der Waals surface area contributed by atoms with E-state index in [0.29, 0.717) is 6.54 Å². The molecule has 2 atom stereocenters. The average Bonchev–Trinajstić information content (AvgIpc) is 2.85. The molecule has 0 heterocycles. The fourth-order valence-electron chi connectivity index (χ4n) is 2.50. The smallest absolute Gasteiger partial charge is 0.240 e. The van der Waals surface area contributed by atoms with Gasteiger partial charge in [-0.05, 0) is 43.5 Å². The number of benzene rings is 1. The molecule has 8 heteroatoms. The van der Waals surface area contributed by atoms with Gasteiger partial charge in [0.2, 0.25) is 10.0 Å². The van der Waals surface area contributed by atoms with Crippen molar-refractivity contribution in [3.05, 3.63) is 28.8 Å². The summed E-state index contributed by atoms with van der Waals surface area (Å²) in [6.45, 7) is 0.474. The first-order valence-corrected chi connectivity index (χ1v) is 8.26. The number of sulfonamides is 1. The molecule has 0 bridgehead atoms. The highest BCUT2D eigenvalue weighted by atomic mass is 35.5. The Morgan fingerprint density at radius 1 is 1.43 bits per heavy atom. The highest BCUT2D eigenvalue weighted by Gasteiger charge is 2.30. The quantitative estimate of drug-likeness (QED) is 0.869. The number of nitriles is 1. The van der Waals surface area contributed by atoms with Gasteiger partial charge in [-0.15, -0.1) is 12.4 Å². The fourth-order valence-corrected chi connectivity index (χ4v) is 4.15. The van der Waals surface area contributed by atoms with Gasteiger partial charge in [0.25, 0.3) is 0 Å². The van der Waals surface area contributed by atoms with Gasteiger partial charge in [-0.25, -0.2) is 13.1 Å². The number of nitrogens with two attached hydrogens (primary N) is 1. The molecule has 0 saturated heterocycles. The molecule has 1 aromatic rings. The molecule has 3 N–H and O–H groups in total. The third kappa shape index (κ3) is 4.09. The van der Waals surface area contributed by atoms with Crippen LogP contribution >= 0.6 is 24.0 Å². The molecule has 0 spiro atoms. The van der Waals surface area contributed by atoms with Crippen molar-refractivity contribution in [1.29, 1.82) is 5.26 Å². The molecule has 0 amide bonds. The Morgan fingerprint density at radius 3 is 2.71 bits per heavy atom. The van der Waals surface area contributed by atoms with E-state index in [9.17, 15) is 8.42 Å².